The molecule has 1 aliphatic rings. The minimum absolute atomic E-state index is 0.102. The van der Waals surface area contributed by atoms with E-state index in [1.807, 2.05) is 43.6 Å². The summed E-state index contributed by atoms with van der Waals surface area (Å²) in [5.41, 5.74) is 1.14. The smallest absolute Gasteiger partial charge is 0.243 e. The summed E-state index contributed by atoms with van der Waals surface area (Å²) in [6.07, 6.45) is 7.54. The van der Waals surface area contributed by atoms with E-state index in [4.69, 9.17) is 0 Å². The molecule has 4 heteroatoms. The number of likely N-dealkylation sites (N-methyl/N-ethyl adjacent to an activating group) is 1. The van der Waals surface area contributed by atoms with Gasteiger partial charge < -0.3 is 4.90 Å². The van der Waals surface area contributed by atoms with Crippen molar-refractivity contribution in [2.45, 2.75) is 12.6 Å². The molecule has 0 aliphatic carbocycles. The van der Waals surface area contributed by atoms with Crippen LogP contribution >= 0.6 is 0 Å². The quantitative estimate of drug-likeness (QED) is 0.861. The molecule has 3 rings (SSSR count). The Hall–Kier alpha value is -2.20. The van der Waals surface area contributed by atoms with Crippen LogP contribution in [-0.2, 0) is 11.3 Å². The second kappa shape index (κ2) is 5.43. The van der Waals surface area contributed by atoms with Crippen LogP contribution in [0.5, 0.6) is 0 Å². The number of rotatable bonds is 3. The number of amides is 1. The van der Waals surface area contributed by atoms with Crippen molar-refractivity contribution in [3.63, 3.8) is 0 Å². The van der Waals surface area contributed by atoms with E-state index < -0.39 is 0 Å². The van der Waals surface area contributed by atoms with E-state index in [0.29, 0.717) is 6.54 Å². The summed E-state index contributed by atoms with van der Waals surface area (Å²) in [5.74, 6) is 0.102. The molecule has 0 saturated carbocycles. The maximum Gasteiger partial charge on any atom is 0.243 e. The Labute approximate surface area is 118 Å². The van der Waals surface area contributed by atoms with Gasteiger partial charge in [0.2, 0.25) is 5.91 Å². The van der Waals surface area contributed by atoms with Gasteiger partial charge in [0.15, 0.2) is 0 Å². The third kappa shape index (κ3) is 2.42. The number of pyridine rings is 1. The minimum atomic E-state index is -0.184. The first-order valence-corrected chi connectivity index (χ1v) is 6.72. The van der Waals surface area contributed by atoms with E-state index in [0.717, 1.165) is 22.9 Å². The van der Waals surface area contributed by atoms with E-state index in [-0.39, 0.29) is 11.9 Å². The summed E-state index contributed by atoms with van der Waals surface area (Å²) in [6, 6.07) is 7.91. The van der Waals surface area contributed by atoms with Gasteiger partial charge >= 0.3 is 0 Å². The zero-order valence-electron chi connectivity index (χ0n) is 11.4. The average molecular weight is 267 g/mol. The number of carbonyl (C=O) groups is 1. The Morgan fingerprint density at radius 2 is 2.35 bits per heavy atom. The summed E-state index contributed by atoms with van der Waals surface area (Å²) in [7, 11) is 1.84. The molecule has 4 nitrogen and oxygen atoms in total. The van der Waals surface area contributed by atoms with Gasteiger partial charge in [-0.2, -0.15) is 0 Å². The lowest BCUT2D eigenvalue weighted by molar-refractivity contribution is -0.131. The first-order valence-electron chi connectivity index (χ1n) is 6.72. The Morgan fingerprint density at radius 3 is 3.15 bits per heavy atom. The molecular formula is C16H17N3O. The van der Waals surface area contributed by atoms with Gasteiger partial charge in [-0.25, -0.2) is 0 Å². The van der Waals surface area contributed by atoms with Crippen molar-refractivity contribution in [3.8, 4) is 0 Å². The molecule has 1 amide bonds. The van der Waals surface area contributed by atoms with Crippen molar-refractivity contribution in [2.24, 2.45) is 0 Å². The Morgan fingerprint density at radius 1 is 1.45 bits per heavy atom. The van der Waals surface area contributed by atoms with Crippen LogP contribution in [0.25, 0.3) is 10.8 Å². The van der Waals surface area contributed by atoms with Crippen LogP contribution in [0.15, 0.2) is 48.8 Å². The van der Waals surface area contributed by atoms with Crippen molar-refractivity contribution in [2.75, 3.05) is 13.6 Å². The Kier molecular flexibility index (Phi) is 3.48. The normalized spacial score (nSPS) is 17.6. The molecule has 2 aromatic rings. The van der Waals surface area contributed by atoms with Crippen molar-refractivity contribution >= 4 is 16.7 Å². The average Bonchev–Trinajstić information content (AvgIpc) is 3.01. The molecule has 1 aromatic heterocycles. The van der Waals surface area contributed by atoms with Crippen LogP contribution in [0, 0.1) is 0 Å². The fourth-order valence-corrected chi connectivity index (χ4v) is 2.54. The second-order valence-electron chi connectivity index (χ2n) is 5.02. The van der Waals surface area contributed by atoms with Crippen molar-refractivity contribution in [3.05, 3.63) is 54.4 Å². The molecule has 1 atom stereocenters. The van der Waals surface area contributed by atoms with Gasteiger partial charge in [0.05, 0.1) is 0 Å². The summed E-state index contributed by atoms with van der Waals surface area (Å²) in [4.78, 5) is 18.2. The van der Waals surface area contributed by atoms with Gasteiger partial charge in [-0.1, -0.05) is 30.4 Å². The molecule has 102 valence electrons. The lowest BCUT2D eigenvalue weighted by atomic mass is 10.1. The first kappa shape index (κ1) is 12.8. The predicted octanol–water partition coefficient (Wildman–Crippen LogP) is 1.72. The second-order valence-corrected chi connectivity index (χ2v) is 5.02. The SMILES string of the molecule is CN(Cc1cccc2cnccc12)C(=O)[C@H]1C=CCN1. The zero-order valence-corrected chi connectivity index (χ0v) is 11.4. The standard InChI is InChI=1S/C16H17N3O/c1-19(16(20)15-6-3-8-18-15)11-13-5-2-4-12-10-17-9-7-14(12)13/h2-7,9-10,15,18H,8,11H2,1H3/t15-/m1/s1. The number of nitrogens with zero attached hydrogens (tertiary/aromatic N) is 2. The predicted molar refractivity (Wildman–Crippen MR) is 79.1 cm³/mol. The van der Waals surface area contributed by atoms with Crippen LogP contribution in [0.3, 0.4) is 0 Å². The largest absolute Gasteiger partial charge is 0.340 e. The highest BCUT2D eigenvalue weighted by atomic mass is 16.2. The number of hydrogen-bond donors (Lipinski definition) is 1. The van der Waals surface area contributed by atoms with Gasteiger partial charge in [-0.3, -0.25) is 15.1 Å². The topological polar surface area (TPSA) is 45.2 Å². The van der Waals surface area contributed by atoms with Crippen molar-refractivity contribution < 1.29 is 4.79 Å². The number of fused-ring (bicyclic) bond motifs is 1. The lowest BCUT2D eigenvalue weighted by Gasteiger charge is -2.21. The molecule has 0 radical (unpaired) electrons. The first-order chi connectivity index (χ1) is 9.75. The number of carbonyl (C=O) groups excluding carboxylic acids is 1. The highest BCUT2D eigenvalue weighted by Crippen LogP contribution is 2.19. The monoisotopic (exact) mass is 267 g/mol. The van der Waals surface area contributed by atoms with Crippen molar-refractivity contribution in [1.29, 1.82) is 0 Å². The summed E-state index contributed by atoms with van der Waals surface area (Å²) < 4.78 is 0. The summed E-state index contributed by atoms with van der Waals surface area (Å²) in [5, 5.41) is 5.40. The maximum atomic E-state index is 12.3. The molecular weight excluding hydrogens is 250 g/mol. The van der Waals surface area contributed by atoms with Gasteiger partial charge in [0, 0.05) is 37.9 Å². The highest BCUT2D eigenvalue weighted by molar-refractivity contribution is 5.87. The number of nitrogens with one attached hydrogen (secondary N) is 1. The van der Waals surface area contributed by atoms with E-state index in [9.17, 15) is 4.79 Å². The fraction of sp³-hybridized carbons (Fsp3) is 0.250. The number of aromatic nitrogens is 1. The molecule has 20 heavy (non-hydrogen) atoms. The molecule has 0 spiro atoms. The molecule has 0 fully saturated rings. The van der Waals surface area contributed by atoms with Crippen LogP contribution in [0.2, 0.25) is 0 Å². The minimum Gasteiger partial charge on any atom is -0.340 e. The number of benzene rings is 1. The molecule has 1 aromatic carbocycles. The molecule has 0 unspecified atom stereocenters. The van der Waals surface area contributed by atoms with Crippen LogP contribution in [-0.4, -0.2) is 35.4 Å². The fourth-order valence-electron chi connectivity index (χ4n) is 2.54. The number of hydrogen-bond acceptors (Lipinski definition) is 3. The van der Waals surface area contributed by atoms with Gasteiger partial charge in [0.1, 0.15) is 6.04 Å². The Bertz CT molecular complexity index is 660. The molecule has 2 heterocycles. The summed E-state index contributed by atoms with van der Waals surface area (Å²) in [6.45, 7) is 1.37. The van der Waals surface area contributed by atoms with Crippen LogP contribution in [0.4, 0.5) is 0 Å². The van der Waals surface area contributed by atoms with Crippen LogP contribution < -0.4 is 5.32 Å². The third-order valence-electron chi connectivity index (χ3n) is 3.60. The van der Waals surface area contributed by atoms with E-state index >= 15 is 0 Å². The lowest BCUT2D eigenvalue weighted by Crippen LogP contribution is -2.41. The zero-order chi connectivity index (χ0) is 13.9. The highest BCUT2D eigenvalue weighted by Gasteiger charge is 2.21. The van der Waals surface area contributed by atoms with E-state index in [1.54, 1.807) is 11.1 Å². The Balaban J connectivity index is 1.82. The van der Waals surface area contributed by atoms with E-state index in [2.05, 4.69) is 16.4 Å². The molecule has 0 bridgehead atoms. The third-order valence-corrected chi connectivity index (χ3v) is 3.60. The summed E-state index contributed by atoms with van der Waals surface area (Å²) >= 11 is 0. The van der Waals surface area contributed by atoms with Gasteiger partial charge in [0.25, 0.3) is 0 Å². The molecule has 0 saturated heterocycles. The van der Waals surface area contributed by atoms with Gasteiger partial charge in [-0.05, 0) is 17.0 Å². The maximum absolute atomic E-state index is 12.3. The van der Waals surface area contributed by atoms with Gasteiger partial charge in [-0.15, -0.1) is 0 Å². The molecule has 1 N–H and O–H groups in total. The van der Waals surface area contributed by atoms with E-state index in [1.165, 1.54) is 0 Å². The molecule has 1 aliphatic heterocycles. The van der Waals surface area contributed by atoms with Crippen molar-refractivity contribution in [1.82, 2.24) is 15.2 Å². The van der Waals surface area contributed by atoms with Crippen LogP contribution in [0.1, 0.15) is 5.56 Å².